The fourth-order valence-electron chi connectivity index (χ4n) is 2.53. The van der Waals surface area contributed by atoms with Gasteiger partial charge in [0.05, 0.1) is 6.04 Å². The van der Waals surface area contributed by atoms with E-state index in [9.17, 15) is 0 Å². The highest BCUT2D eigenvalue weighted by atomic mass is 32.1. The van der Waals surface area contributed by atoms with Gasteiger partial charge >= 0.3 is 0 Å². The quantitative estimate of drug-likeness (QED) is 0.689. The summed E-state index contributed by atoms with van der Waals surface area (Å²) in [7, 11) is 0. The first-order valence-electron chi connectivity index (χ1n) is 8.21. The third kappa shape index (κ3) is 4.17. The fraction of sp³-hybridized carbons (Fsp3) is 0.316. The first kappa shape index (κ1) is 16.6. The highest BCUT2D eigenvalue weighted by Gasteiger charge is 2.10. The number of nitrogens with zero attached hydrogens (tertiary/aromatic N) is 3. The van der Waals surface area contributed by atoms with E-state index in [-0.39, 0.29) is 6.04 Å². The summed E-state index contributed by atoms with van der Waals surface area (Å²) >= 11 is 1.43. The topological polar surface area (TPSA) is 50.7 Å². The van der Waals surface area contributed by atoms with Crippen molar-refractivity contribution in [2.24, 2.45) is 5.92 Å². The number of pyridine rings is 1. The zero-order valence-corrected chi connectivity index (χ0v) is 15.0. The maximum absolute atomic E-state index is 4.57. The second-order valence-electron chi connectivity index (χ2n) is 6.34. The van der Waals surface area contributed by atoms with Gasteiger partial charge in [0.1, 0.15) is 5.82 Å². The third-order valence-corrected chi connectivity index (χ3v) is 4.49. The van der Waals surface area contributed by atoms with Crippen LogP contribution in [0.15, 0.2) is 48.8 Å². The average molecular weight is 338 g/mol. The minimum atomic E-state index is 0.188. The van der Waals surface area contributed by atoms with Crippen LogP contribution in [0.25, 0.3) is 11.1 Å². The number of rotatable bonds is 6. The SMILES string of the molecule is CC(C)Cc1nsc(NC(C)c2ccc(-c3cccnc3)cc2)n1. The van der Waals surface area contributed by atoms with Crippen LogP contribution in [0, 0.1) is 5.92 Å². The van der Waals surface area contributed by atoms with Gasteiger partial charge in [-0.05, 0) is 35.6 Å². The highest BCUT2D eigenvalue weighted by molar-refractivity contribution is 7.09. The Hall–Kier alpha value is -2.27. The van der Waals surface area contributed by atoms with Crippen LogP contribution in [0.3, 0.4) is 0 Å². The van der Waals surface area contributed by atoms with Crippen LogP contribution in [0.5, 0.6) is 0 Å². The zero-order chi connectivity index (χ0) is 16.9. The lowest BCUT2D eigenvalue weighted by Gasteiger charge is -2.13. The lowest BCUT2D eigenvalue weighted by atomic mass is 10.0. The summed E-state index contributed by atoms with van der Waals surface area (Å²) in [5.74, 6) is 1.50. The summed E-state index contributed by atoms with van der Waals surface area (Å²) in [6.07, 6.45) is 4.60. The Balaban J connectivity index is 1.67. The minimum Gasteiger partial charge on any atom is -0.354 e. The van der Waals surface area contributed by atoms with Crippen molar-refractivity contribution in [1.29, 1.82) is 0 Å². The van der Waals surface area contributed by atoms with E-state index in [1.54, 1.807) is 6.20 Å². The van der Waals surface area contributed by atoms with Crippen LogP contribution >= 0.6 is 11.5 Å². The third-order valence-electron chi connectivity index (χ3n) is 3.80. The standard InChI is InChI=1S/C19H22N4S/c1-13(2)11-18-22-19(24-23-18)21-14(3)15-6-8-16(9-7-15)17-5-4-10-20-12-17/h4-10,12-14H,11H2,1-3H3,(H,21,22,23). The molecule has 0 amide bonds. The van der Waals surface area contributed by atoms with Gasteiger partial charge < -0.3 is 5.32 Å². The molecule has 0 saturated carbocycles. The molecular weight excluding hydrogens is 316 g/mol. The van der Waals surface area contributed by atoms with Crippen LogP contribution < -0.4 is 5.32 Å². The lowest BCUT2D eigenvalue weighted by Crippen LogP contribution is -2.06. The molecule has 0 saturated heterocycles. The molecule has 2 heterocycles. The van der Waals surface area contributed by atoms with Gasteiger partial charge in [0.15, 0.2) is 0 Å². The van der Waals surface area contributed by atoms with Crippen LogP contribution in [0.4, 0.5) is 5.13 Å². The van der Waals surface area contributed by atoms with E-state index in [1.165, 1.54) is 22.7 Å². The Labute approximate surface area is 147 Å². The highest BCUT2D eigenvalue weighted by Crippen LogP contribution is 2.24. The Morgan fingerprint density at radius 2 is 1.83 bits per heavy atom. The van der Waals surface area contributed by atoms with Gasteiger partial charge in [-0.3, -0.25) is 4.98 Å². The van der Waals surface area contributed by atoms with E-state index in [1.807, 2.05) is 12.3 Å². The van der Waals surface area contributed by atoms with Crippen molar-refractivity contribution in [2.75, 3.05) is 5.32 Å². The van der Waals surface area contributed by atoms with Crippen molar-refractivity contribution in [3.63, 3.8) is 0 Å². The Bertz CT molecular complexity index is 766. The summed E-state index contributed by atoms with van der Waals surface area (Å²) in [5, 5.41) is 4.33. The molecule has 0 radical (unpaired) electrons. The molecule has 2 aromatic heterocycles. The maximum atomic E-state index is 4.57. The molecule has 5 heteroatoms. The van der Waals surface area contributed by atoms with E-state index in [0.29, 0.717) is 5.92 Å². The minimum absolute atomic E-state index is 0.188. The number of anilines is 1. The molecule has 1 unspecified atom stereocenters. The second kappa shape index (κ2) is 7.53. The molecule has 4 nitrogen and oxygen atoms in total. The molecule has 3 aromatic rings. The first-order valence-corrected chi connectivity index (χ1v) is 8.98. The molecule has 0 aliphatic heterocycles. The van der Waals surface area contributed by atoms with Crippen LogP contribution in [-0.2, 0) is 6.42 Å². The summed E-state index contributed by atoms with van der Waals surface area (Å²) in [6, 6.07) is 12.8. The number of nitrogens with one attached hydrogen (secondary N) is 1. The maximum Gasteiger partial charge on any atom is 0.203 e. The monoisotopic (exact) mass is 338 g/mol. The van der Waals surface area contributed by atoms with E-state index < -0.39 is 0 Å². The summed E-state index contributed by atoms with van der Waals surface area (Å²) in [5.41, 5.74) is 3.53. The average Bonchev–Trinajstić information content (AvgIpc) is 3.02. The molecular formula is C19H22N4S. The molecule has 24 heavy (non-hydrogen) atoms. The number of hydrogen-bond acceptors (Lipinski definition) is 5. The van der Waals surface area contributed by atoms with Crippen LogP contribution in [-0.4, -0.2) is 14.3 Å². The molecule has 0 spiro atoms. The first-order chi connectivity index (χ1) is 11.6. The summed E-state index contributed by atoms with van der Waals surface area (Å²) < 4.78 is 4.42. The Morgan fingerprint density at radius 1 is 1.04 bits per heavy atom. The van der Waals surface area contributed by atoms with Crippen LogP contribution in [0.1, 0.15) is 38.2 Å². The molecule has 1 atom stereocenters. The molecule has 1 N–H and O–H groups in total. The van der Waals surface area contributed by atoms with Gasteiger partial charge in [-0.1, -0.05) is 44.2 Å². The normalized spacial score (nSPS) is 12.3. The van der Waals surface area contributed by atoms with Gasteiger partial charge in [0.2, 0.25) is 5.13 Å². The molecule has 124 valence electrons. The zero-order valence-electron chi connectivity index (χ0n) is 14.2. The molecule has 1 aromatic carbocycles. The van der Waals surface area contributed by atoms with Crippen molar-refractivity contribution >= 4 is 16.7 Å². The van der Waals surface area contributed by atoms with Crippen molar-refractivity contribution in [3.8, 4) is 11.1 Å². The van der Waals surface area contributed by atoms with Gasteiger partial charge in [0.25, 0.3) is 0 Å². The van der Waals surface area contributed by atoms with Crippen molar-refractivity contribution in [2.45, 2.75) is 33.2 Å². The molecule has 0 bridgehead atoms. The van der Waals surface area contributed by atoms with Crippen molar-refractivity contribution in [3.05, 3.63) is 60.2 Å². The summed E-state index contributed by atoms with van der Waals surface area (Å²) in [6.45, 7) is 6.50. The van der Waals surface area contributed by atoms with Crippen molar-refractivity contribution in [1.82, 2.24) is 14.3 Å². The number of hydrogen-bond donors (Lipinski definition) is 1. The van der Waals surface area contributed by atoms with Gasteiger partial charge in [-0.2, -0.15) is 4.37 Å². The smallest absolute Gasteiger partial charge is 0.203 e. The van der Waals surface area contributed by atoms with Crippen molar-refractivity contribution < 1.29 is 0 Å². The van der Waals surface area contributed by atoms with Gasteiger partial charge in [-0.15, -0.1) is 0 Å². The van der Waals surface area contributed by atoms with Crippen LogP contribution in [0.2, 0.25) is 0 Å². The van der Waals surface area contributed by atoms with E-state index >= 15 is 0 Å². The lowest BCUT2D eigenvalue weighted by molar-refractivity contribution is 0.627. The predicted molar refractivity (Wildman–Crippen MR) is 100 cm³/mol. The second-order valence-corrected chi connectivity index (χ2v) is 7.10. The van der Waals surface area contributed by atoms with Gasteiger partial charge in [-0.25, -0.2) is 4.98 Å². The van der Waals surface area contributed by atoms with E-state index in [0.717, 1.165) is 22.9 Å². The predicted octanol–water partition coefficient (Wildman–Crippen LogP) is 4.97. The molecule has 0 aliphatic rings. The van der Waals surface area contributed by atoms with E-state index in [4.69, 9.17) is 0 Å². The Kier molecular flexibility index (Phi) is 5.20. The summed E-state index contributed by atoms with van der Waals surface area (Å²) in [4.78, 5) is 8.74. The molecule has 0 fully saturated rings. The fourth-order valence-corrected chi connectivity index (χ4v) is 3.21. The number of aromatic nitrogens is 3. The molecule has 0 aliphatic carbocycles. The van der Waals surface area contributed by atoms with E-state index in [2.05, 4.69) is 70.8 Å². The number of benzene rings is 1. The largest absolute Gasteiger partial charge is 0.354 e. The Morgan fingerprint density at radius 3 is 2.50 bits per heavy atom. The van der Waals surface area contributed by atoms with Gasteiger partial charge in [0, 0.05) is 30.3 Å². The molecule has 3 rings (SSSR count).